The Morgan fingerprint density at radius 3 is 2.75 bits per heavy atom. The van der Waals surface area contributed by atoms with E-state index < -0.39 is 11.9 Å². The van der Waals surface area contributed by atoms with Crippen LogP contribution in [0.25, 0.3) is 5.69 Å². The molecule has 1 aliphatic carbocycles. The van der Waals surface area contributed by atoms with E-state index in [1.807, 2.05) is 4.57 Å². The van der Waals surface area contributed by atoms with Crippen molar-refractivity contribution in [3.05, 3.63) is 47.7 Å². The summed E-state index contributed by atoms with van der Waals surface area (Å²) < 4.78 is 12.5. The van der Waals surface area contributed by atoms with E-state index in [0.29, 0.717) is 42.1 Å². The fourth-order valence-electron chi connectivity index (χ4n) is 4.95. The van der Waals surface area contributed by atoms with Gasteiger partial charge in [0.2, 0.25) is 5.95 Å². The summed E-state index contributed by atoms with van der Waals surface area (Å²) in [4.78, 5) is 39.9. The minimum atomic E-state index is -1.04. The largest absolute Gasteiger partial charge is 0.495 e. The molecule has 0 bridgehead atoms. The maximum absolute atomic E-state index is 12.5. The third-order valence-electron chi connectivity index (χ3n) is 6.67. The number of carbonyl (C=O) groups excluding carboxylic acids is 1. The van der Waals surface area contributed by atoms with Gasteiger partial charge in [-0.3, -0.25) is 4.57 Å². The van der Waals surface area contributed by atoms with Crippen LogP contribution in [0.5, 0.6) is 5.75 Å². The van der Waals surface area contributed by atoms with Crippen molar-refractivity contribution in [1.82, 2.24) is 19.5 Å². The molecule has 2 N–H and O–H groups in total. The number of aromatic nitrogens is 4. The van der Waals surface area contributed by atoms with E-state index in [1.54, 1.807) is 25.5 Å². The first-order valence-corrected chi connectivity index (χ1v) is 12.1. The zero-order chi connectivity index (χ0) is 25.2. The number of fused-ring (bicyclic) bond motifs is 3. The molecule has 36 heavy (non-hydrogen) atoms. The molecule has 0 unspecified atom stereocenters. The molecule has 2 aromatic heterocycles. The Balaban J connectivity index is 1.55. The van der Waals surface area contributed by atoms with Gasteiger partial charge in [0.15, 0.2) is 11.5 Å². The minimum absolute atomic E-state index is 0.123. The lowest BCUT2D eigenvalue weighted by Crippen LogP contribution is -2.35. The summed E-state index contributed by atoms with van der Waals surface area (Å²) in [7, 11) is 1.48. The van der Waals surface area contributed by atoms with Crippen molar-refractivity contribution in [2.75, 3.05) is 30.5 Å². The molecule has 3 aromatic rings. The molecule has 188 valence electrons. The number of hydrogen-bond acceptors (Lipinski definition) is 9. The van der Waals surface area contributed by atoms with Gasteiger partial charge < -0.3 is 24.8 Å². The predicted octanol–water partition coefficient (Wildman–Crippen LogP) is 3.59. The van der Waals surface area contributed by atoms with E-state index in [4.69, 9.17) is 14.5 Å². The molecule has 0 radical (unpaired) electrons. The number of benzene rings is 1. The zero-order valence-corrected chi connectivity index (χ0v) is 20.2. The first kappa shape index (κ1) is 23.6. The molecule has 1 saturated carbocycles. The van der Waals surface area contributed by atoms with Crippen LogP contribution in [0.15, 0.2) is 30.7 Å². The van der Waals surface area contributed by atoms with E-state index in [2.05, 4.69) is 20.2 Å². The number of ether oxygens (including phenoxy) is 2. The zero-order valence-electron chi connectivity index (χ0n) is 20.2. The predicted molar refractivity (Wildman–Crippen MR) is 132 cm³/mol. The smallest absolute Gasteiger partial charge is 0.358 e. The highest BCUT2D eigenvalue weighted by Crippen LogP contribution is 2.36. The average Bonchev–Trinajstić information content (AvgIpc) is 3.53. The third-order valence-corrected chi connectivity index (χ3v) is 6.67. The van der Waals surface area contributed by atoms with Crippen LogP contribution >= 0.6 is 0 Å². The first-order valence-electron chi connectivity index (χ1n) is 12.1. The van der Waals surface area contributed by atoms with Crippen LogP contribution in [0.1, 0.15) is 59.1 Å². The van der Waals surface area contributed by atoms with Crippen LogP contribution in [0, 0.1) is 0 Å². The Hall–Kier alpha value is -4.15. The summed E-state index contributed by atoms with van der Waals surface area (Å²) >= 11 is 0. The SMILES string of the molecule is CCOC(=O)c1ncn2c1CCN(C1CCCC1)c1nc(Nc3ccc(C(=O)O)cc3OC)ncc1-2. The molecular weight excluding hydrogens is 464 g/mol. The number of carbonyl (C=O) groups is 2. The van der Waals surface area contributed by atoms with Gasteiger partial charge >= 0.3 is 11.9 Å². The van der Waals surface area contributed by atoms with Crippen LogP contribution in [-0.4, -0.2) is 62.9 Å². The maximum atomic E-state index is 12.5. The van der Waals surface area contributed by atoms with E-state index in [9.17, 15) is 14.7 Å². The van der Waals surface area contributed by atoms with Crippen LogP contribution < -0.4 is 15.0 Å². The fourth-order valence-corrected chi connectivity index (χ4v) is 4.95. The van der Waals surface area contributed by atoms with Crippen molar-refractivity contribution in [1.29, 1.82) is 0 Å². The Morgan fingerprint density at radius 2 is 2.03 bits per heavy atom. The highest BCUT2D eigenvalue weighted by molar-refractivity contribution is 5.90. The van der Waals surface area contributed by atoms with Crippen molar-refractivity contribution >= 4 is 29.4 Å². The number of hydrogen-bond donors (Lipinski definition) is 2. The summed E-state index contributed by atoms with van der Waals surface area (Å²) in [6.07, 6.45) is 8.46. The standard InChI is InChI=1S/C25H28N6O5/c1-3-36-24(34)21-18-10-11-30(16-6-4-5-7-16)22-19(31(18)14-27-21)13-26-25(29-22)28-17-9-8-15(23(32)33)12-20(17)35-2/h8-9,12-14,16H,3-7,10-11H2,1-2H3,(H,32,33)(H,26,28,29). The molecule has 1 aromatic carbocycles. The van der Waals surface area contributed by atoms with Crippen molar-refractivity contribution in [3.8, 4) is 11.4 Å². The molecule has 1 fully saturated rings. The average molecular weight is 493 g/mol. The van der Waals surface area contributed by atoms with Crippen LogP contribution in [-0.2, 0) is 11.2 Å². The lowest BCUT2D eigenvalue weighted by atomic mass is 10.2. The lowest BCUT2D eigenvalue weighted by Gasteiger charge is -2.30. The molecule has 3 heterocycles. The molecule has 11 nitrogen and oxygen atoms in total. The fraction of sp³-hybridized carbons (Fsp3) is 0.400. The molecule has 0 spiro atoms. The number of esters is 1. The topological polar surface area (TPSA) is 132 Å². The van der Waals surface area contributed by atoms with E-state index in [0.717, 1.165) is 30.0 Å². The Labute approximate surface area is 208 Å². The summed E-state index contributed by atoms with van der Waals surface area (Å²) in [5.74, 6) is 0.0151. The number of imidazole rings is 1. The summed E-state index contributed by atoms with van der Waals surface area (Å²) in [6.45, 7) is 2.74. The number of nitrogens with one attached hydrogen (secondary N) is 1. The van der Waals surface area contributed by atoms with Crippen LogP contribution in [0.2, 0.25) is 0 Å². The number of methoxy groups -OCH3 is 1. The molecule has 0 amide bonds. The van der Waals surface area contributed by atoms with E-state index in [-0.39, 0.29) is 12.2 Å². The molecule has 5 rings (SSSR count). The second-order valence-electron chi connectivity index (χ2n) is 8.76. The molecule has 0 saturated heterocycles. The van der Waals surface area contributed by atoms with Crippen LogP contribution in [0.4, 0.5) is 17.5 Å². The van der Waals surface area contributed by atoms with Crippen molar-refractivity contribution < 1.29 is 24.2 Å². The Morgan fingerprint density at radius 1 is 1.22 bits per heavy atom. The van der Waals surface area contributed by atoms with Gasteiger partial charge in [-0.05, 0) is 38.0 Å². The van der Waals surface area contributed by atoms with Gasteiger partial charge in [-0.25, -0.2) is 19.6 Å². The van der Waals surface area contributed by atoms with Crippen LogP contribution in [0.3, 0.4) is 0 Å². The summed E-state index contributed by atoms with van der Waals surface area (Å²) in [6, 6.07) is 4.93. The lowest BCUT2D eigenvalue weighted by molar-refractivity contribution is 0.0518. The van der Waals surface area contributed by atoms with Gasteiger partial charge in [-0.2, -0.15) is 4.98 Å². The highest BCUT2D eigenvalue weighted by atomic mass is 16.5. The number of carboxylic acid groups (broad SMARTS) is 1. The van der Waals surface area contributed by atoms with Gasteiger partial charge in [0.25, 0.3) is 0 Å². The molecular formula is C25H28N6O5. The third kappa shape index (κ3) is 4.32. The number of aromatic carboxylic acids is 1. The number of anilines is 3. The monoisotopic (exact) mass is 492 g/mol. The van der Waals surface area contributed by atoms with E-state index in [1.165, 1.54) is 32.1 Å². The second-order valence-corrected chi connectivity index (χ2v) is 8.76. The van der Waals surface area contributed by atoms with Crippen molar-refractivity contribution in [3.63, 3.8) is 0 Å². The van der Waals surface area contributed by atoms with E-state index >= 15 is 0 Å². The van der Waals surface area contributed by atoms with Crippen molar-refractivity contribution in [2.45, 2.75) is 45.1 Å². The molecule has 2 aliphatic rings. The number of carboxylic acids is 1. The van der Waals surface area contributed by atoms with Gasteiger partial charge in [0.1, 0.15) is 17.8 Å². The highest BCUT2D eigenvalue weighted by Gasteiger charge is 2.32. The Bertz CT molecular complexity index is 1300. The van der Waals surface area contributed by atoms with Gasteiger partial charge in [0.05, 0.1) is 36.9 Å². The van der Waals surface area contributed by atoms with Crippen molar-refractivity contribution in [2.24, 2.45) is 0 Å². The Kier molecular flexibility index (Phi) is 6.45. The van der Waals surface area contributed by atoms with Gasteiger partial charge in [-0.1, -0.05) is 12.8 Å². The first-order chi connectivity index (χ1) is 17.5. The number of nitrogens with zero attached hydrogens (tertiary/aromatic N) is 5. The molecule has 11 heteroatoms. The van der Waals surface area contributed by atoms with Gasteiger partial charge in [0, 0.05) is 19.0 Å². The summed E-state index contributed by atoms with van der Waals surface area (Å²) in [5.41, 5.74) is 2.53. The summed E-state index contributed by atoms with van der Waals surface area (Å²) in [5, 5.41) is 12.5. The quantitative estimate of drug-likeness (QED) is 0.472. The maximum Gasteiger partial charge on any atom is 0.358 e. The second kappa shape index (κ2) is 9.84. The molecule has 0 atom stereocenters. The molecule has 1 aliphatic heterocycles. The normalized spacial score (nSPS) is 15.1. The minimum Gasteiger partial charge on any atom is -0.495 e. The van der Waals surface area contributed by atoms with Gasteiger partial charge in [-0.15, -0.1) is 0 Å². The number of rotatable bonds is 7.